The van der Waals surface area contributed by atoms with Crippen molar-refractivity contribution in [3.63, 3.8) is 0 Å². The molecule has 0 aromatic heterocycles. The van der Waals surface area contributed by atoms with Crippen molar-refractivity contribution in [2.75, 3.05) is 6.61 Å². The first kappa shape index (κ1) is 29.5. The second kappa shape index (κ2) is 16.7. The summed E-state index contributed by atoms with van der Waals surface area (Å²) in [6, 6.07) is 19.3. The Balaban J connectivity index is 1.34. The molecular weight excluding hydrogens is 494 g/mol. The third-order valence-electron chi connectivity index (χ3n) is 6.25. The summed E-state index contributed by atoms with van der Waals surface area (Å²) in [5.41, 5.74) is 1.44. The Labute approximate surface area is 230 Å². The minimum absolute atomic E-state index is 0.0900. The molecule has 39 heavy (non-hydrogen) atoms. The Hall–Kier alpha value is -4.07. The van der Waals surface area contributed by atoms with Crippen molar-refractivity contribution in [2.24, 2.45) is 10.2 Å². The predicted molar refractivity (Wildman–Crippen MR) is 152 cm³/mol. The summed E-state index contributed by atoms with van der Waals surface area (Å²) < 4.78 is 11.2. The lowest BCUT2D eigenvalue weighted by Gasteiger charge is -2.06. The SMILES string of the molecule is CCCCCCCCCCCCOc1ccc(N=Nc2ccc(OC(=O)c3ccc([N+](=O)[O-])cc3)cc2)cc1. The smallest absolute Gasteiger partial charge is 0.343 e. The van der Waals surface area contributed by atoms with E-state index in [-0.39, 0.29) is 11.3 Å². The highest BCUT2D eigenvalue weighted by Gasteiger charge is 2.11. The molecule has 8 nitrogen and oxygen atoms in total. The number of carbonyl (C=O) groups excluding carboxylic acids is 1. The number of hydrogen-bond donors (Lipinski definition) is 0. The Kier molecular flexibility index (Phi) is 12.6. The molecule has 3 aromatic rings. The molecule has 8 heteroatoms. The van der Waals surface area contributed by atoms with Crippen LogP contribution >= 0.6 is 0 Å². The lowest BCUT2D eigenvalue weighted by Crippen LogP contribution is -2.08. The van der Waals surface area contributed by atoms with Gasteiger partial charge in [-0.25, -0.2) is 4.79 Å². The van der Waals surface area contributed by atoms with E-state index in [1.165, 1.54) is 82.1 Å². The van der Waals surface area contributed by atoms with Crippen LogP contribution in [-0.2, 0) is 0 Å². The number of benzene rings is 3. The van der Waals surface area contributed by atoms with E-state index in [2.05, 4.69) is 17.2 Å². The molecule has 0 amide bonds. The summed E-state index contributed by atoms with van der Waals surface area (Å²) in [6.07, 6.45) is 13.0. The quantitative estimate of drug-likeness (QED) is 0.0431. The van der Waals surface area contributed by atoms with Crippen LogP contribution in [0.1, 0.15) is 81.5 Å². The zero-order valence-electron chi connectivity index (χ0n) is 22.6. The number of azo groups is 1. The van der Waals surface area contributed by atoms with Gasteiger partial charge in [0.2, 0.25) is 0 Å². The number of unbranched alkanes of at least 4 members (excludes halogenated alkanes) is 9. The van der Waals surface area contributed by atoms with Crippen molar-refractivity contribution >= 4 is 23.0 Å². The van der Waals surface area contributed by atoms with Crippen molar-refractivity contribution in [1.29, 1.82) is 0 Å². The lowest BCUT2D eigenvalue weighted by atomic mass is 10.1. The van der Waals surface area contributed by atoms with Gasteiger partial charge in [-0.05, 0) is 67.1 Å². The Morgan fingerprint density at radius 3 is 1.69 bits per heavy atom. The molecule has 0 N–H and O–H groups in total. The molecule has 0 aliphatic heterocycles. The van der Waals surface area contributed by atoms with E-state index in [1.54, 1.807) is 24.3 Å². The molecule has 206 valence electrons. The lowest BCUT2D eigenvalue weighted by molar-refractivity contribution is -0.384. The van der Waals surface area contributed by atoms with E-state index in [0.717, 1.165) is 18.8 Å². The second-order valence-electron chi connectivity index (χ2n) is 9.41. The number of non-ortho nitro benzene ring substituents is 1. The molecule has 0 unspecified atom stereocenters. The minimum Gasteiger partial charge on any atom is -0.494 e. The van der Waals surface area contributed by atoms with E-state index in [4.69, 9.17) is 9.47 Å². The Bertz CT molecular complexity index is 1180. The number of esters is 1. The van der Waals surface area contributed by atoms with Gasteiger partial charge < -0.3 is 9.47 Å². The van der Waals surface area contributed by atoms with Crippen molar-refractivity contribution in [3.05, 3.63) is 88.5 Å². The number of carbonyl (C=O) groups is 1. The number of nitro groups is 1. The van der Waals surface area contributed by atoms with E-state index in [0.29, 0.717) is 17.1 Å². The summed E-state index contributed by atoms with van der Waals surface area (Å²) in [4.78, 5) is 22.5. The van der Waals surface area contributed by atoms with Gasteiger partial charge in [-0.15, -0.1) is 0 Å². The highest BCUT2D eigenvalue weighted by Crippen LogP contribution is 2.24. The molecule has 0 spiro atoms. The van der Waals surface area contributed by atoms with Crippen molar-refractivity contribution in [2.45, 2.75) is 71.1 Å². The van der Waals surface area contributed by atoms with Crippen LogP contribution in [0.2, 0.25) is 0 Å². The molecule has 0 bridgehead atoms. The van der Waals surface area contributed by atoms with Crippen LogP contribution in [-0.4, -0.2) is 17.5 Å². The number of nitrogens with zero attached hydrogens (tertiary/aromatic N) is 3. The predicted octanol–water partition coefficient (Wildman–Crippen LogP) is 9.53. The zero-order valence-corrected chi connectivity index (χ0v) is 22.6. The standard InChI is InChI=1S/C31H37N3O5/c1-2-3-4-5-6-7-8-9-10-11-24-38-29-20-14-26(15-21-29)32-33-27-16-22-30(23-17-27)39-31(35)25-12-18-28(19-13-25)34(36)37/h12-23H,2-11,24H2,1H3. The number of hydrogen-bond acceptors (Lipinski definition) is 7. The number of rotatable bonds is 17. The number of ether oxygens (including phenoxy) is 2. The maximum Gasteiger partial charge on any atom is 0.343 e. The van der Waals surface area contributed by atoms with E-state index < -0.39 is 10.9 Å². The van der Waals surface area contributed by atoms with Gasteiger partial charge in [0.05, 0.1) is 28.5 Å². The Morgan fingerprint density at radius 1 is 0.692 bits per heavy atom. The van der Waals surface area contributed by atoms with Crippen LogP contribution in [0.3, 0.4) is 0 Å². The summed E-state index contributed by atoms with van der Waals surface area (Å²) in [5.74, 6) is 0.556. The maximum atomic E-state index is 12.2. The van der Waals surface area contributed by atoms with E-state index in [1.807, 2.05) is 24.3 Å². The monoisotopic (exact) mass is 531 g/mol. The normalized spacial score (nSPS) is 11.0. The van der Waals surface area contributed by atoms with Crippen LogP contribution in [0.25, 0.3) is 0 Å². The van der Waals surface area contributed by atoms with E-state index >= 15 is 0 Å². The molecule has 3 rings (SSSR count). The van der Waals surface area contributed by atoms with Gasteiger partial charge in [0, 0.05) is 12.1 Å². The first-order valence-corrected chi connectivity index (χ1v) is 13.8. The van der Waals surface area contributed by atoms with Gasteiger partial charge in [0.1, 0.15) is 11.5 Å². The third-order valence-corrected chi connectivity index (χ3v) is 6.25. The van der Waals surface area contributed by atoms with Gasteiger partial charge in [-0.1, -0.05) is 64.7 Å². The highest BCUT2D eigenvalue weighted by molar-refractivity contribution is 5.91. The van der Waals surface area contributed by atoms with Crippen molar-refractivity contribution < 1.29 is 19.2 Å². The van der Waals surface area contributed by atoms with Gasteiger partial charge in [-0.3, -0.25) is 10.1 Å². The Morgan fingerprint density at radius 2 is 1.18 bits per heavy atom. The van der Waals surface area contributed by atoms with Crippen molar-refractivity contribution in [1.82, 2.24) is 0 Å². The van der Waals surface area contributed by atoms with Gasteiger partial charge in [0.25, 0.3) is 5.69 Å². The molecule has 0 atom stereocenters. The van der Waals surface area contributed by atoms with Crippen LogP contribution in [0.15, 0.2) is 83.0 Å². The summed E-state index contributed by atoms with van der Waals surface area (Å²) in [7, 11) is 0. The van der Waals surface area contributed by atoms with Gasteiger partial charge in [0.15, 0.2) is 0 Å². The zero-order chi connectivity index (χ0) is 27.7. The van der Waals surface area contributed by atoms with Crippen LogP contribution in [0, 0.1) is 10.1 Å². The van der Waals surface area contributed by atoms with Crippen LogP contribution < -0.4 is 9.47 Å². The minimum atomic E-state index is -0.602. The molecule has 3 aromatic carbocycles. The molecule has 0 aliphatic carbocycles. The first-order chi connectivity index (χ1) is 19.0. The molecular formula is C31H37N3O5. The van der Waals surface area contributed by atoms with Gasteiger partial charge in [-0.2, -0.15) is 10.2 Å². The molecule has 0 heterocycles. The van der Waals surface area contributed by atoms with E-state index in [9.17, 15) is 14.9 Å². The average Bonchev–Trinajstić information content (AvgIpc) is 2.96. The fourth-order valence-corrected chi connectivity index (χ4v) is 3.97. The molecule has 0 radical (unpaired) electrons. The second-order valence-corrected chi connectivity index (χ2v) is 9.41. The molecule has 0 fully saturated rings. The van der Waals surface area contributed by atoms with Crippen LogP contribution in [0.4, 0.5) is 17.1 Å². The summed E-state index contributed by atoms with van der Waals surface area (Å²) in [5, 5.41) is 19.2. The third kappa shape index (κ3) is 11.1. The van der Waals surface area contributed by atoms with Gasteiger partial charge >= 0.3 is 5.97 Å². The fraction of sp³-hybridized carbons (Fsp3) is 0.387. The maximum absolute atomic E-state index is 12.2. The van der Waals surface area contributed by atoms with Crippen LogP contribution in [0.5, 0.6) is 11.5 Å². The van der Waals surface area contributed by atoms with Crippen molar-refractivity contribution in [3.8, 4) is 11.5 Å². The largest absolute Gasteiger partial charge is 0.494 e. The summed E-state index contributed by atoms with van der Waals surface area (Å²) in [6.45, 7) is 2.97. The topological polar surface area (TPSA) is 103 Å². The first-order valence-electron chi connectivity index (χ1n) is 13.8. The highest BCUT2D eigenvalue weighted by atomic mass is 16.6. The molecule has 0 saturated carbocycles. The average molecular weight is 532 g/mol. The number of nitro benzene ring substituents is 1. The fourth-order valence-electron chi connectivity index (χ4n) is 3.97. The molecule has 0 saturated heterocycles. The summed E-state index contributed by atoms with van der Waals surface area (Å²) >= 11 is 0. The molecule has 0 aliphatic rings.